The summed E-state index contributed by atoms with van der Waals surface area (Å²) in [5.74, 6) is -0.462. The van der Waals surface area contributed by atoms with Crippen LogP contribution >= 0.6 is 11.5 Å². The number of rotatable bonds is 1. The molecule has 1 aliphatic heterocycles. The van der Waals surface area contributed by atoms with Gasteiger partial charge < -0.3 is 10.1 Å². The van der Waals surface area contributed by atoms with Gasteiger partial charge in [0.2, 0.25) is 0 Å². The number of hydrogen-bond donors (Lipinski definition) is 1. The molecule has 0 amide bonds. The maximum absolute atomic E-state index is 11.9. The Bertz CT molecular complexity index is 606. The number of nitrogens with zero attached hydrogens (tertiary/aromatic N) is 2. The number of aromatic nitrogens is 1. The summed E-state index contributed by atoms with van der Waals surface area (Å²) >= 11 is 1.29. The van der Waals surface area contributed by atoms with Crippen molar-refractivity contribution in [1.29, 1.82) is 0 Å². The lowest BCUT2D eigenvalue weighted by atomic mass is 10.2. The van der Waals surface area contributed by atoms with Crippen LogP contribution in [0.2, 0.25) is 0 Å². The highest BCUT2D eigenvalue weighted by atomic mass is 32.1. The highest BCUT2D eigenvalue weighted by molar-refractivity contribution is 7.13. The number of hydrogen-bond acceptors (Lipinski definition) is 6. The Morgan fingerprint density at radius 3 is 3.12 bits per heavy atom. The van der Waals surface area contributed by atoms with E-state index in [1.165, 1.54) is 11.5 Å². The molecule has 0 unspecified atom stereocenters. The lowest BCUT2D eigenvalue weighted by Gasteiger charge is -2.01. The Morgan fingerprint density at radius 2 is 2.29 bits per heavy atom. The summed E-state index contributed by atoms with van der Waals surface area (Å²) in [5.41, 5.74) is 0.349. The summed E-state index contributed by atoms with van der Waals surface area (Å²) in [6, 6.07) is 7.86. The van der Waals surface area contributed by atoms with Crippen LogP contribution in [0.1, 0.15) is 10.5 Å². The molecule has 2 aromatic rings. The van der Waals surface area contributed by atoms with Crippen molar-refractivity contribution in [3.63, 3.8) is 0 Å². The van der Waals surface area contributed by atoms with Crippen LogP contribution in [0.5, 0.6) is 0 Å². The average Bonchev–Trinajstić information content (AvgIpc) is 2.96. The van der Waals surface area contributed by atoms with Crippen LogP contribution in [0.3, 0.4) is 0 Å². The van der Waals surface area contributed by atoms with E-state index in [1.54, 1.807) is 0 Å². The molecule has 0 saturated carbocycles. The number of aliphatic imine (C=N–C) groups is 1. The quantitative estimate of drug-likeness (QED) is 0.774. The summed E-state index contributed by atoms with van der Waals surface area (Å²) in [7, 11) is 0. The Kier molecular flexibility index (Phi) is 2.49. The molecule has 1 aliphatic rings. The van der Waals surface area contributed by atoms with Crippen LogP contribution in [-0.4, -0.2) is 29.5 Å². The van der Waals surface area contributed by atoms with E-state index >= 15 is 0 Å². The number of fused-ring (bicyclic) bond motifs is 1. The van der Waals surface area contributed by atoms with Crippen molar-refractivity contribution < 1.29 is 9.53 Å². The smallest absolute Gasteiger partial charge is 0.366 e. The zero-order valence-electron chi connectivity index (χ0n) is 8.84. The predicted molar refractivity (Wildman–Crippen MR) is 65.3 cm³/mol. The zero-order valence-corrected chi connectivity index (χ0v) is 9.66. The van der Waals surface area contributed by atoms with Crippen LogP contribution < -0.4 is 5.32 Å². The number of carbonyl (C=O) groups is 1. The SMILES string of the molecule is O=C(OC1=NCCN1)c1nsc2ccccc12. The molecule has 1 aromatic heterocycles. The molecule has 0 saturated heterocycles. The van der Waals surface area contributed by atoms with Crippen LogP contribution in [0.15, 0.2) is 29.3 Å². The number of esters is 1. The lowest BCUT2D eigenvalue weighted by Crippen LogP contribution is -2.24. The molecule has 0 aliphatic carbocycles. The molecule has 0 spiro atoms. The number of carbonyl (C=O) groups excluding carboxylic acids is 1. The second kappa shape index (κ2) is 4.14. The maximum Gasteiger partial charge on any atom is 0.366 e. The highest BCUT2D eigenvalue weighted by Gasteiger charge is 2.19. The van der Waals surface area contributed by atoms with E-state index in [-0.39, 0.29) is 6.02 Å². The molecule has 0 bridgehead atoms. The topological polar surface area (TPSA) is 63.6 Å². The second-order valence-corrected chi connectivity index (χ2v) is 4.34. The molecule has 5 nitrogen and oxygen atoms in total. The lowest BCUT2D eigenvalue weighted by molar-refractivity contribution is 0.0707. The summed E-state index contributed by atoms with van der Waals surface area (Å²) in [6.45, 7) is 1.35. The van der Waals surface area contributed by atoms with E-state index in [0.717, 1.165) is 10.1 Å². The maximum atomic E-state index is 11.9. The van der Waals surface area contributed by atoms with E-state index < -0.39 is 5.97 Å². The van der Waals surface area contributed by atoms with E-state index in [9.17, 15) is 4.79 Å². The zero-order chi connectivity index (χ0) is 11.7. The molecular formula is C11H9N3O2S. The minimum atomic E-state index is -0.462. The van der Waals surface area contributed by atoms with Gasteiger partial charge in [0.05, 0.1) is 11.2 Å². The summed E-state index contributed by atoms with van der Waals surface area (Å²) in [5, 5.41) is 3.70. The normalized spacial score (nSPS) is 14.5. The van der Waals surface area contributed by atoms with E-state index in [4.69, 9.17) is 4.74 Å². The number of benzene rings is 1. The first-order chi connectivity index (χ1) is 8.34. The fourth-order valence-corrected chi connectivity index (χ4v) is 2.38. The molecule has 17 heavy (non-hydrogen) atoms. The van der Waals surface area contributed by atoms with Gasteiger partial charge in [-0.1, -0.05) is 18.2 Å². The second-order valence-electron chi connectivity index (χ2n) is 3.53. The van der Waals surface area contributed by atoms with Crippen molar-refractivity contribution in [2.75, 3.05) is 13.1 Å². The summed E-state index contributed by atoms with van der Waals surface area (Å²) < 4.78 is 10.2. The van der Waals surface area contributed by atoms with Crippen LogP contribution in [0.4, 0.5) is 0 Å². The monoisotopic (exact) mass is 247 g/mol. The van der Waals surface area contributed by atoms with E-state index in [1.807, 2.05) is 24.3 Å². The van der Waals surface area contributed by atoms with Gasteiger partial charge >= 0.3 is 5.97 Å². The first kappa shape index (κ1) is 10.2. The van der Waals surface area contributed by atoms with Crippen LogP contribution in [0, 0.1) is 0 Å². The van der Waals surface area contributed by atoms with Gasteiger partial charge in [-0.25, -0.2) is 9.79 Å². The molecule has 2 heterocycles. The Labute approximate surface area is 101 Å². The molecule has 1 N–H and O–H groups in total. The van der Waals surface area contributed by atoms with Crippen molar-refractivity contribution in [2.45, 2.75) is 0 Å². The molecule has 86 valence electrons. The summed E-state index contributed by atoms with van der Waals surface area (Å²) in [6.07, 6.45) is 0. The molecule has 0 atom stereocenters. The molecule has 0 radical (unpaired) electrons. The van der Waals surface area contributed by atoms with Crippen LogP contribution in [0.25, 0.3) is 10.1 Å². The molecule has 6 heteroatoms. The fourth-order valence-electron chi connectivity index (χ4n) is 1.61. The minimum Gasteiger partial charge on any atom is -0.388 e. The van der Waals surface area contributed by atoms with Crippen molar-refractivity contribution in [3.05, 3.63) is 30.0 Å². The number of amidine groups is 1. The van der Waals surface area contributed by atoms with E-state index in [0.29, 0.717) is 18.8 Å². The standard InChI is InChI=1S/C11H9N3O2S/c15-10(16-11-12-5-6-13-11)9-7-3-1-2-4-8(7)17-14-9/h1-4H,5-6H2,(H,12,13). The van der Waals surface area contributed by atoms with Gasteiger partial charge in [-0.05, 0) is 17.6 Å². The van der Waals surface area contributed by atoms with E-state index in [2.05, 4.69) is 14.7 Å². The number of nitrogens with one attached hydrogen (secondary N) is 1. The summed E-state index contributed by atoms with van der Waals surface area (Å²) in [4.78, 5) is 15.9. The molecular weight excluding hydrogens is 238 g/mol. The van der Waals surface area contributed by atoms with Crippen LogP contribution in [-0.2, 0) is 4.74 Å². The first-order valence-electron chi connectivity index (χ1n) is 5.19. The third kappa shape index (κ3) is 1.87. The van der Waals surface area contributed by atoms with Gasteiger partial charge in [0.15, 0.2) is 5.69 Å². The van der Waals surface area contributed by atoms with Gasteiger partial charge in [0.1, 0.15) is 0 Å². The molecule has 1 aromatic carbocycles. The van der Waals surface area contributed by atoms with Crippen molar-refractivity contribution in [1.82, 2.24) is 9.69 Å². The highest BCUT2D eigenvalue weighted by Crippen LogP contribution is 2.22. The predicted octanol–water partition coefficient (Wildman–Crippen LogP) is 1.41. The Hall–Kier alpha value is -1.95. The first-order valence-corrected chi connectivity index (χ1v) is 5.97. The fraction of sp³-hybridized carbons (Fsp3) is 0.182. The van der Waals surface area contributed by atoms with Crippen molar-refractivity contribution in [3.8, 4) is 0 Å². The number of ether oxygens (including phenoxy) is 1. The van der Waals surface area contributed by atoms with Gasteiger partial charge in [0, 0.05) is 11.9 Å². The van der Waals surface area contributed by atoms with Gasteiger partial charge in [-0.3, -0.25) is 0 Å². The largest absolute Gasteiger partial charge is 0.388 e. The Balaban J connectivity index is 1.90. The van der Waals surface area contributed by atoms with Gasteiger partial charge in [-0.15, -0.1) is 0 Å². The molecule has 0 fully saturated rings. The van der Waals surface area contributed by atoms with Crippen molar-refractivity contribution in [2.24, 2.45) is 4.99 Å². The van der Waals surface area contributed by atoms with Gasteiger partial charge in [0.25, 0.3) is 6.02 Å². The molecule has 3 rings (SSSR count). The third-order valence-electron chi connectivity index (χ3n) is 2.40. The van der Waals surface area contributed by atoms with Crippen molar-refractivity contribution >= 4 is 33.6 Å². The average molecular weight is 247 g/mol. The third-order valence-corrected chi connectivity index (χ3v) is 3.23. The minimum absolute atomic E-state index is 0.284. The Morgan fingerprint density at radius 1 is 1.41 bits per heavy atom. The van der Waals surface area contributed by atoms with Gasteiger partial charge in [-0.2, -0.15) is 4.37 Å².